The number of piperidine rings is 1. The Morgan fingerprint density at radius 1 is 1.43 bits per heavy atom. The van der Waals surface area contributed by atoms with Crippen molar-refractivity contribution in [3.8, 4) is 0 Å². The van der Waals surface area contributed by atoms with Gasteiger partial charge in [0, 0.05) is 20.2 Å². The van der Waals surface area contributed by atoms with Crippen LogP contribution < -0.4 is 5.32 Å². The number of carboxylic acids is 1. The highest BCUT2D eigenvalue weighted by molar-refractivity contribution is 7.88. The summed E-state index contributed by atoms with van der Waals surface area (Å²) in [7, 11) is -2.07. The van der Waals surface area contributed by atoms with Crippen LogP contribution in [0.4, 0.5) is 0 Å². The van der Waals surface area contributed by atoms with Crippen molar-refractivity contribution in [1.29, 1.82) is 0 Å². The van der Waals surface area contributed by atoms with E-state index in [1.165, 1.54) is 11.4 Å². The number of sulfonamides is 1. The number of hydrogen-bond donors (Lipinski definition) is 2. The van der Waals surface area contributed by atoms with E-state index in [4.69, 9.17) is 9.84 Å². The van der Waals surface area contributed by atoms with Gasteiger partial charge in [-0.2, -0.15) is 4.31 Å². The zero-order valence-electron chi connectivity index (χ0n) is 12.2. The molecule has 2 N–H and O–H groups in total. The predicted octanol–water partition coefficient (Wildman–Crippen LogP) is -0.594. The number of carbonyl (C=O) groups excluding carboxylic acids is 1. The summed E-state index contributed by atoms with van der Waals surface area (Å²) < 4.78 is 29.5. The summed E-state index contributed by atoms with van der Waals surface area (Å²) in [6, 6.07) is -0.726. The highest BCUT2D eigenvalue weighted by Gasteiger charge is 2.34. The molecule has 0 saturated carbocycles. The molecule has 0 bridgehead atoms. The molecule has 1 rings (SSSR count). The Labute approximate surface area is 124 Å². The molecule has 1 amide bonds. The molecule has 1 aliphatic heterocycles. The summed E-state index contributed by atoms with van der Waals surface area (Å²) in [6.45, 7) is 0.371. The fourth-order valence-corrected chi connectivity index (χ4v) is 3.45. The molecule has 1 fully saturated rings. The third-order valence-corrected chi connectivity index (χ3v) is 4.71. The van der Waals surface area contributed by atoms with Gasteiger partial charge in [-0.15, -0.1) is 0 Å². The lowest BCUT2D eigenvalue weighted by Crippen LogP contribution is -2.52. The van der Waals surface area contributed by atoms with Crippen LogP contribution in [-0.4, -0.2) is 68.3 Å². The molecule has 0 radical (unpaired) electrons. The van der Waals surface area contributed by atoms with Gasteiger partial charge in [0.15, 0.2) is 0 Å². The predicted molar refractivity (Wildman–Crippen MR) is 75.2 cm³/mol. The summed E-state index contributed by atoms with van der Waals surface area (Å²) in [6.07, 6.45) is 2.21. The number of amides is 1. The monoisotopic (exact) mass is 322 g/mol. The lowest BCUT2D eigenvalue weighted by Gasteiger charge is -2.32. The number of carboxylic acid groups (broad SMARTS) is 1. The van der Waals surface area contributed by atoms with Crippen molar-refractivity contribution in [2.75, 3.05) is 26.5 Å². The van der Waals surface area contributed by atoms with Crippen molar-refractivity contribution in [3.63, 3.8) is 0 Å². The molecule has 0 aliphatic carbocycles. The van der Waals surface area contributed by atoms with Crippen LogP contribution in [0.15, 0.2) is 0 Å². The van der Waals surface area contributed by atoms with Crippen LogP contribution in [0.2, 0.25) is 0 Å². The first kappa shape index (κ1) is 17.9. The van der Waals surface area contributed by atoms with Crippen LogP contribution in [0, 0.1) is 0 Å². The van der Waals surface area contributed by atoms with E-state index in [1.807, 2.05) is 0 Å². The number of aliphatic carboxylic acids is 1. The van der Waals surface area contributed by atoms with E-state index in [0.717, 1.165) is 19.1 Å². The summed E-state index contributed by atoms with van der Waals surface area (Å²) in [5.41, 5.74) is 0. The van der Waals surface area contributed by atoms with E-state index < -0.39 is 34.0 Å². The first-order valence-corrected chi connectivity index (χ1v) is 8.59. The van der Waals surface area contributed by atoms with E-state index in [0.29, 0.717) is 13.0 Å². The standard InChI is InChI=1S/C12H22N2O6S/c1-20-9(7-11(15)16)8-13-12(17)10-5-3-4-6-14(10)21(2,18)19/h9-10H,3-8H2,1-2H3,(H,13,17)(H,15,16). The van der Waals surface area contributed by atoms with Gasteiger partial charge in [0.05, 0.1) is 18.8 Å². The number of rotatable bonds is 7. The summed E-state index contributed by atoms with van der Waals surface area (Å²) in [5, 5.41) is 11.3. The van der Waals surface area contributed by atoms with Gasteiger partial charge in [-0.25, -0.2) is 8.42 Å². The maximum atomic E-state index is 12.1. The van der Waals surface area contributed by atoms with Crippen LogP contribution >= 0.6 is 0 Å². The molecule has 0 aromatic carbocycles. The van der Waals surface area contributed by atoms with Crippen molar-refractivity contribution >= 4 is 21.9 Å². The lowest BCUT2D eigenvalue weighted by molar-refractivity contribution is -0.140. The van der Waals surface area contributed by atoms with E-state index in [-0.39, 0.29) is 13.0 Å². The Kier molecular flexibility index (Phi) is 6.56. The molecule has 21 heavy (non-hydrogen) atoms. The average Bonchev–Trinajstić information content (AvgIpc) is 2.41. The summed E-state index contributed by atoms with van der Waals surface area (Å²) >= 11 is 0. The number of nitrogens with zero attached hydrogens (tertiary/aromatic N) is 1. The van der Waals surface area contributed by atoms with Crippen LogP contribution in [0.3, 0.4) is 0 Å². The van der Waals surface area contributed by atoms with Crippen molar-refractivity contribution in [2.45, 2.75) is 37.8 Å². The molecule has 122 valence electrons. The first-order valence-electron chi connectivity index (χ1n) is 6.74. The van der Waals surface area contributed by atoms with Gasteiger partial charge in [-0.3, -0.25) is 9.59 Å². The normalized spacial score (nSPS) is 21.7. The van der Waals surface area contributed by atoms with E-state index in [2.05, 4.69) is 5.32 Å². The zero-order valence-corrected chi connectivity index (χ0v) is 13.1. The van der Waals surface area contributed by atoms with Crippen molar-refractivity contribution in [3.05, 3.63) is 0 Å². The fourth-order valence-electron chi connectivity index (χ4n) is 2.33. The maximum Gasteiger partial charge on any atom is 0.306 e. The van der Waals surface area contributed by atoms with Crippen LogP contribution in [0.1, 0.15) is 25.7 Å². The topological polar surface area (TPSA) is 113 Å². The third-order valence-electron chi connectivity index (χ3n) is 3.42. The Morgan fingerprint density at radius 3 is 2.62 bits per heavy atom. The third kappa shape index (κ3) is 5.60. The first-order chi connectivity index (χ1) is 9.75. The van der Waals surface area contributed by atoms with Crippen LogP contribution in [0.25, 0.3) is 0 Å². The van der Waals surface area contributed by atoms with Gasteiger partial charge in [0.1, 0.15) is 6.04 Å². The second kappa shape index (κ2) is 7.71. The number of ether oxygens (including phenoxy) is 1. The Hall–Kier alpha value is -1.19. The van der Waals surface area contributed by atoms with Gasteiger partial charge in [-0.1, -0.05) is 6.42 Å². The SMILES string of the molecule is COC(CNC(=O)C1CCCCN1S(C)(=O)=O)CC(=O)O. The molecule has 8 nitrogen and oxygen atoms in total. The van der Waals surface area contributed by atoms with Gasteiger partial charge in [0.25, 0.3) is 0 Å². The van der Waals surface area contributed by atoms with E-state index in [1.54, 1.807) is 0 Å². The van der Waals surface area contributed by atoms with Gasteiger partial charge in [-0.05, 0) is 12.8 Å². The molecular weight excluding hydrogens is 300 g/mol. The Balaban J connectivity index is 2.62. The molecule has 9 heteroatoms. The second-order valence-corrected chi connectivity index (χ2v) is 7.02. The van der Waals surface area contributed by atoms with E-state index in [9.17, 15) is 18.0 Å². The molecule has 0 aromatic rings. The van der Waals surface area contributed by atoms with Crippen LogP contribution in [0.5, 0.6) is 0 Å². The quantitative estimate of drug-likeness (QED) is 0.647. The number of methoxy groups -OCH3 is 1. The minimum absolute atomic E-state index is 0.0374. The maximum absolute atomic E-state index is 12.1. The van der Waals surface area contributed by atoms with Crippen molar-refractivity contribution in [1.82, 2.24) is 9.62 Å². The van der Waals surface area contributed by atoms with Crippen LogP contribution in [-0.2, 0) is 24.3 Å². The average molecular weight is 322 g/mol. The minimum Gasteiger partial charge on any atom is -0.481 e. The summed E-state index contributed by atoms with van der Waals surface area (Å²) in [4.78, 5) is 22.8. The highest BCUT2D eigenvalue weighted by atomic mass is 32.2. The molecule has 1 heterocycles. The molecule has 1 saturated heterocycles. The number of nitrogens with one attached hydrogen (secondary N) is 1. The molecule has 0 spiro atoms. The Morgan fingerprint density at radius 2 is 2.10 bits per heavy atom. The molecule has 2 atom stereocenters. The van der Waals surface area contributed by atoms with Gasteiger partial charge >= 0.3 is 5.97 Å². The smallest absolute Gasteiger partial charge is 0.306 e. The van der Waals surface area contributed by atoms with E-state index >= 15 is 0 Å². The second-order valence-electron chi connectivity index (χ2n) is 5.09. The number of carbonyl (C=O) groups is 2. The zero-order chi connectivity index (χ0) is 16.0. The highest BCUT2D eigenvalue weighted by Crippen LogP contribution is 2.19. The Bertz CT molecular complexity index is 478. The minimum atomic E-state index is -3.44. The molecule has 0 aromatic heterocycles. The van der Waals surface area contributed by atoms with Gasteiger partial charge < -0.3 is 15.2 Å². The van der Waals surface area contributed by atoms with Crippen molar-refractivity contribution < 1.29 is 27.9 Å². The summed E-state index contributed by atoms with van der Waals surface area (Å²) in [5.74, 6) is -1.43. The largest absolute Gasteiger partial charge is 0.481 e. The van der Waals surface area contributed by atoms with Gasteiger partial charge in [0.2, 0.25) is 15.9 Å². The molecule has 1 aliphatic rings. The molecular formula is C12H22N2O6S. The fraction of sp³-hybridized carbons (Fsp3) is 0.833. The molecule has 2 unspecified atom stereocenters. The van der Waals surface area contributed by atoms with Crippen molar-refractivity contribution in [2.24, 2.45) is 0 Å². The number of hydrogen-bond acceptors (Lipinski definition) is 5. The lowest BCUT2D eigenvalue weighted by atomic mass is 10.0.